The van der Waals surface area contributed by atoms with E-state index in [1.54, 1.807) is 27.7 Å². The van der Waals surface area contributed by atoms with Crippen LogP contribution in [0.2, 0.25) is 0 Å². The van der Waals surface area contributed by atoms with Crippen LogP contribution < -0.4 is 17.0 Å². The van der Waals surface area contributed by atoms with Crippen molar-refractivity contribution in [1.82, 2.24) is 4.90 Å². The summed E-state index contributed by atoms with van der Waals surface area (Å²) >= 11 is 0. The average molecular weight is 536 g/mol. The zero-order chi connectivity index (χ0) is 25.9. The monoisotopic (exact) mass is 534 g/mol. The fourth-order valence-corrected chi connectivity index (χ4v) is 0.969. The van der Waals surface area contributed by atoms with Gasteiger partial charge in [-0.1, -0.05) is 40.7 Å². The van der Waals surface area contributed by atoms with Crippen molar-refractivity contribution in [2.24, 2.45) is 5.41 Å². The van der Waals surface area contributed by atoms with E-state index < -0.39 is 16.3 Å². The Balaban J connectivity index is -0.0000000378. The molecule has 0 aliphatic heterocycles. The summed E-state index contributed by atoms with van der Waals surface area (Å²) in [6, 6.07) is 0. The summed E-state index contributed by atoms with van der Waals surface area (Å²) in [4.78, 5) is 31.1. The third-order valence-electron chi connectivity index (χ3n) is 2.77. The Morgan fingerprint density at radius 3 is 1.28 bits per heavy atom. The van der Waals surface area contributed by atoms with Crippen molar-refractivity contribution >= 4 is 34.8 Å². The third kappa shape index (κ3) is 70.2. The molecule has 0 aliphatic carbocycles. The second-order valence-electron chi connectivity index (χ2n) is 6.25. The van der Waals surface area contributed by atoms with Crippen LogP contribution in [-0.2, 0) is 9.59 Å². The number of nitrogens with zero attached hydrogens (tertiary/aromatic N) is 2. The van der Waals surface area contributed by atoms with E-state index in [1.807, 2.05) is 13.8 Å². The summed E-state index contributed by atoms with van der Waals surface area (Å²) in [6.07, 6.45) is 2.38. The topological polar surface area (TPSA) is 101 Å². The van der Waals surface area contributed by atoms with E-state index in [2.05, 4.69) is 45.4 Å². The predicted molar refractivity (Wildman–Crippen MR) is 135 cm³/mol. The molecule has 0 aliphatic rings. The van der Waals surface area contributed by atoms with Crippen molar-refractivity contribution < 1.29 is 36.6 Å². The van der Waals surface area contributed by atoms with Gasteiger partial charge in [0.1, 0.15) is 5.78 Å². The summed E-state index contributed by atoms with van der Waals surface area (Å²) in [5.41, 5.74) is -0.0648. The Kier molecular flexibility index (Phi) is 66.5. The maximum atomic E-state index is 10.2. The second-order valence-corrected chi connectivity index (χ2v) is 6.25. The number of hydrogen-bond donors (Lipinski definition) is 1. The van der Waals surface area contributed by atoms with Crippen LogP contribution in [0.25, 0.3) is 0 Å². The van der Waals surface area contributed by atoms with Gasteiger partial charge in [-0.3, -0.25) is 21.5 Å². The molecule has 0 bridgehead atoms. The normalized spacial score (nSPS) is 7.75. The molecule has 0 saturated heterocycles. The summed E-state index contributed by atoms with van der Waals surface area (Å²) in [5.74, 6) is -0.674. The number of aliphatic carboxylic acids is 1. The third-order valence-corrected chi connectivity index (χ3v) is 2.77. The van der Waals surface area contributed by atoms with Crippen molar-refractivity contribution in [3.05, 3.63) is 47.7 Å². The number of carbonyl (C=O) groups excluding carboxylic acids is 1. The molecule has 0 saturated carbocycles. The van der Waals surface area contributed by atoms with Crippen molar-refractivity contribution in [2.75, 3.05) is 19.6 Å². The summed E-state index contributed by atoms with van der Waals surface area (Å²) in [5, 5.41) is 17.9. The number of allylic oxidation sites excluding steroid dienone is 1. The Bertz CT molecular complexity index is 454. The zero-order valence-corrected chi connectivity index (χ0v) is 25.3. The van der Waals surface area contributed by atoms with Crippen molar-refractivity contribution in [2.45, 2.75) is 76.2 Å². The first-order chi connectivity index (χ1) is 13.7. The molecule has 0 fully saturated rings. The number of carbonyl (C=O) groups is 2. The van der Waals surface area contributed by atoms with Crippen LogP contribution >= 0.6 is 0 Å². The van der Waals surface area contributed by atoms with Gasteiger partial charge < -0.3 is 38.4 Å². The standard InChI is InChI=1S/C6H15N.C6H10O2.C4H7NO2.C3H6O.C2H6.C2H3.BrH.Mg/c1-4-7(5-2)6-3;1-4-6(2,3)5(7)8;1-4(2)3-5(6)7;1-3(2)4;2*1-2;;/h4-6H2,1-3H3;4H,1H2,2-3H3,(H,7,8);3H,1-2H3;1-2H3;1-2H3;1H,2H2;1H;/q;;;;;-1;;+2/p-1. The number of nitro groups is 1. The Labute approximate surface area is 224 Å². The van der Waals surface area contributed by atoms with E-state index in [-0.39, 0.29) is 45.8 Å². The van der Waals surface area contributed by atoms with E-state index in [1.165, 1.54) is 39.6 Å². The Hall–Kier alpha value is -1.03. The number of halogens is 1. The molecule has 0 rings (SSSR count). The van der Waals surface area contributed by atoms with E-state index >= 15 is 0 Å². The molecule has 0 heterocycles. The quantitative estimate of drug-likeness (QED) is 0.185. The minimum Gasteiger partial charge on any atom is -1.00 e. The number of ketones is 1. The first kappa shape index (κ1) is 52.7. The zero-order valence-electron chi connectivity index (χ0n) is 22.3. The fraction of sp³-hybridized carbons (Fsp3) is 0.652. The average Bonchev–Trinajstić information content (AvgIpc) is 2.66. The molecule has 0 aromatic rings. The van der Waals surface area contributed by atoms with Crippen LogP contribution in [0.4, 0.5) is 0 Å². The molecule has 0 aromatic heterocycles. The van der Waals surface area contributed by atoms with Crippen LogP contribution in [0.1, 0.15) is 76.2 Å². The molecule has 0 atom stereocenters. The molecule has 0 spiro atoms. The molecule has 9 heteroatoms. The number of carboxylic acids is 1. The van der Waals surface area contributed by atoms with Gasteiger partial charge in [-0.05, 0) is 66.7 Å². The van der Waals surface area contributed by atoms with Crippen LogP contribution in [0, 0.1) is 22.1 Å². The van der Waals surface area contributed by atoms with Gasteiger partial charge in [-0.25, -0.2) is 0 Å². The van der Waals surface area contributed by atoms with Gasteiger partial charge in [-0.15, -0.1) is 6.58 Å². The maximum Gasteiger partial charge on any atom is 2.00 e. The van der Waals surface area contributed by atoms with E-state index in [0.29, 0.717) is 5.57 Å². The van der Waals surface area contributed by atoms with Crippen molar-refractivity contribution in [3.8, 4) is 0 Å². The molecule has 0 aromatic carbocycles. The maximum absolute atomic E-state index is 10.2. The number of rotatable bonds is 6. The van der Waals surface area contributed by atoms with Gasteiger partial charge in [-0.2, -0.15) is 0 Å². The molecule has 188 valence electrons. The SMILES string of the molecule is C=CC(C)(C)C(=O)O.CC.CC(C)=C[N+](=O)[O-].CC(C)=O.CCN(CC)CC.[Br-].[CH-]=C.[Mg+2]. The molecular weight excluding hydrogens is 488 g/mol. The van der Waals surface area contributed by atoms with Gasteiger partial charge in [0.2, 0.25) is 6.20 Å². The number of hydrogen-bond acceptors (Lipinski definition) is 5. The van der Waals surface area contributed by atoms with Crippen LogP contribution in [0.15, 0.2) is 31.0 Å². The van der Waals surface area contributed by atoms with Crippen molar-refractivity contribution in [3.63, 3.8) is 0 Å². The van der Waals surface area contributed by atoms with Crippen LogP contribution in [0.5, 0.6) is 0 Å². The van der Waals surface area contributed by atoms with Gasteiger partial charge >= 0.3 is 29.0 Å². The van der Waals surface area contributed by atoms with E-state index in [4.69, 9.17) is 5.11 Å². The molecule has 7 nitrogen and oxygen atoms in total. The molecule has 0 unspecified atom stereocenters. The smallest absolute Gasteiger partial charge is 1.00 e. The van der Waals surface area contributed by atoms with Crippen LogP contribution in [0.3, 0.4) is 0 Å². The fourth-order valence-electron chi connectivity index (χ4n) is 0.969. The summed E-state index contributed by atoms with van der Waals surface area (Å²) in [7, 11) is 0. The van der Waals surface area contributed by atoms with Crippen molar-refractivity contribution in [1.29, 1.82) is 0 Å². The molecule has 1 N–H and O–H groups in total. The number of carboxylic acid groups (broad SMARTS) is 1. The minimum absolute atomic E-state index is 0. The first-order valence-corrected chi connectivity index (χ1v) is 9.97. The first-order valence-electron chi connectivity index (χ1n) is 9.97. The number of Topliss-reactive ketones (excluding diaryl/α,β-unsaturated/α-hetero) is 1. The van der Waals surface area contributed by atoms with Crippen LogP contribution in [-0.4, -0.2) is 69.4 Å². The molecule has 0 radical (unpaired) electrons. The Morgan fingerprint density at radius 1 is 1.03 bits per heavy atom. The van der Waals surface area contributed by atoms with Gasteiger partial charge in [0.15, 0.2) is 0 Å². The van der Waals surface area contributed by atoms with E-state index in [9.17, 15) is 19.7 Å². The van der Waals surface area contributed by atoms with Gasteiger partial charge in [0.25, 0.3) is 0 Å². The summed E-state index contributed by atoms with van der Waals surface area (Å²) < 4.78 is 0. The van der Waals surface area contributed by atoms with Gasteiger partial charge in [0.05, 0.1) is 10.3 Å². The molecule has 0 amide bonds. The largest absolute Gasteiger partial charge is 2.00 e. The minimum atomic E-state index is -0.840. The second kappa shape index (κ2) is 40.3. The Morgan fingerprint density at radius 2 is 1.28 bits per heavy atom. The van der Waals surface area contributed by atoms with E-state index in [0.717, 1.165) is 6.20 Å². The summed E-state index contributed by atoms with van der Waals surface area (Å²) in [6.45, 7) is 34.1. The van der Waals surface area contributed by atoms with Gasteiger partial charge in [0, 0.05) is 0 Å². The molecular formula is C23H47BrMgN2O5. The molecule has 32 heavy (non-hydrogen) atoms. The predicted octanol–water partition coefficient (Wildman–Crippen LogP) is 2.67.